The summed E-state index contributed by atoms with van der Waals surface area (Å²) in [5.74, 6) is -0.254. The van der Waals surface area contributed by atoms with Crippen LogP contribution in [0.15, 0.2) is 45.4 Å². The van der Waals surface area contributed by atoms with Gasteiger partial charge in [-0.15, -0.1) is 23.1 Å². The lowest BCUT2D eigenvalue weighted by atomic mass is 10.0. The minimum absolute atomic E-state index is 0.102. The highest BCUT2D eigenvalue weighted by Crippen LogP contribution is 2.47. The van der Waals surface area contributed by atoms with Crippen molar-refractivity contribution < 1.29 is 4.79 Å². The maximum Gasteiger partial charge on any atom is 0.257 e. The van der Waals surface area contributed by atoms with Crippen molar-refractivity contribution in [1.82, 2.24) is 9.88 Å². The number of halogens is 1. The molecule has 1 amide bonds. The van der Waals surface area contributed by atoms with Crippen LogP contribution in [0, 0.1) is 13.8 Å². The van der Waals surface area contributed by atoms with E-state index < -0.39 is 0 Å². The number of carbonyl (C=O) groups is 1. The summed E-state index contributed by atoms with van der Waals surface area (Å²) in [4.78, 5) is 28.4. The van der Waals surface area contributed by atoms with Crippen LogP contribution in [-0.4, -0.2) is 16.5 Å². The number of thioether (sulfide) groups is 1. The zero-order valence-corrected chi connectivity index (χ0v) is 19.1. The minimum Gasteiger partial charge on any atom is -0.349 e. The normalized spacial score (nSPS) is 17.8. The molecule has 2 aromatic heterocycles. The molecule has 1 aliphatic heterocycles. The second-order valence-corrected chi connectivity index (χ2v) is 10.6. The minimum atomic E-state index is -0.254. The van der Waals surface area contributed by atoms with Crippen LogP contribution in [0.5, 0.6) is 0 Å². The highest BCUT2D eigenvalue weighted by molar-refractivity contribution is 7.99. The predicted molar refractivity (Wildman–Crippen MR) is 124 cm³/mol. The molecule has 3 heterocycles. The number of hydrogen-bond acceptors (Lipinski definition) is 4. The molecular formula is C23H21ClN2O2S2. The molecule has 1 unspecified atom stereocenters. The molecule has 0 radical (unpaired) electrons. The molecule has 3 aromatic rings. The fraction of sp³-hybridized carbons (Fsp3) is 0.304. The third-order valence-electron chi connectivity index (χ3n) is 5.64. The Morgan fingerprint density at radius 3 is 2.70 bits per heavy atom. The Bertz CT molecular complexity index is 1230. The van der Waals surface area contributed by atoms with E-state index in [1.165, 1.54) is 10.4 Å². The number of fused-ring (bicyclic) bond motifs is 3. The van der Waals surface area contributed by atoms with E-state index in [0.29, 0.717) is 11.4 Å². The Kier molecular flexibility index (Phi) is 5.04. The lowest BCUT2D eigenvalue weighted by molar-refractivity contribution is 0.0948. The van der Waals surface area contributed by atoms with Crippen LogP contribution in [0.25, 0.3) is 5.69 Å². The van der Waals surface area contributed by atoms with E-state index in [9.17, 15) is 9.59 Å². The molecule has 1 fully saturated rings. The number of aryl methyl sites for hydroxylation is 2. The van der Waals surface area contributed by atoms with Gasteiger partial charge in [0.25, 0.3) is 5.91 Å². The lowest BCUT2D eigenvalue weighted by Crippen LogP contribution is -2.33. The van der Waals surface area contributed by atoms with Crippen molar-refractivity contribution in [3.8, 4) is 5.69 Å². The number of aromatic nitrogens is 1. The number of benzene rings is 1. The van der Waals surface area contributed by atoms with Gasteiger partial charge in [-0.1, -0.05) is 11.6 Å². The number of thiophene rings is 1. The fourth-order valence-electron chi connectivity index (χ4n) is 4.05. The molecule has 7 heteroatoms. The van der Waals surface area contributed by atoms with Gasteiger partial charge in [0.05, 0.1) is 5.69 Å². The Balaban J connectivity index is 1.76. The number of rotatable bonds is 3. The average molecular weight is 457 g/mol. The van der Waals surface area contributed by atoms with Gasteiger partial charge in [-0.3, -0.25) is 9.59 Å². The van der Waals surface area contributed by atoms with Crippen LogP contribution < -0.4 is 10.7 Å². The summed E-state index contributed by atoms with van der Waals surface area (Å²) in [6.45, 7) is 4.04. The van der Waals surface area contributed by atoms with Crippen molar-refractivity contribution >= 4 is 40.6 Å². The Labute approximate surface area is 188 Å². The van der Waals surface area contributed by atoms with Gasteiger partial charge >= 0.3 is 0 Å². The molecule has 1 aromatic carbocycles. The topological polar surface area (TPSA) is 51.1 Å². The number of pyridine rings is 1. The quantitative estimate of drug-likeness (QED) is 0.570. The molecule has 154 valence electrons. The maximum absolute atomic E-state index is 13.1. The first kappa shape index (κ1) is 19.9. The van der Waals surface area contributed by atoms with E-state index in [4.69, 9.17) is 11.6 Å². The summed E-state index contributed by atoms with van der Waals surface area (Å²) in [5.41, 5.74) is 3.87. The van der Waals surface area contributed by atoms with Gasteiger partial charge < -0.3 is 9.88 Å². The summed E-state index contributed by atoms with van der Waals surface area (Å²) in [5, 5.41) is 5.89. The highest BCUT2D eigenvalue weighted by Gasteiger charge is 2.32. The van der Waals surface area contributed by atoms with Crippen LogP contribution in [-0.2, 0) is 6.42 Å². The SMILES string of the molecule is Cc1ccsc1C1Cc2c(C(=O)NC3CC3)c(=O)cc(C)n2-c2ccc(Cl)cc2S1. The summed E-state index contributed by atoms with van der Waals surface area (Å²) in [6.07, 6.45) is 2.56. The first-order valence-corrected chi connectivity index (χ1v) is 12.1. The number of hydrogen-bond donors (Lipinski definition) is 1. The van der Waals surface area contributed by atoms with E-state index in [1.807, 2.05) is 25.1 Å². The number of nitrogens with one attached hydrogen (secondary N) is 1. The van der Waals surface area contributed by atoms with Crippen molar-refractivity contribution in [2.75, 3.05) is 0 Å². The van der Waals surface area contributed by atoms with E-state index in [0.717, 1.165) is 34.8 Å². The van der Waals surface area contributed by atoms with Gasteiger partial charge in [0.2, 0.25) is 0 Å². The molecule has 0 bridgehead atoms. The average Bonchev–Trinajstić information content (AvgIpc) is 3.42. The predicted octanol–water partition coefficient (Wildman–Crippen LogP) is 5.45. The van der Waals surface area contributed by atoms with E-state index in [1.54, 1.807) is 29.2 Å². The van der Waals surface area contributed by atoms with Crippen molar-refractivity contribution in [2.45, 2.75) is 49.3 Å². The monoisotopic (exact) mass is 456 g/mol. The maximum atomic E-state index is 13.1. The molecule has 1 N–H and O–H groups in total. The zero-order chi connectivity index (χ0) is 21.0. The van der Waals surface area contributed by atoms with Crippen molar-refractivity contribution in [1.29, 1.82) is 0 Å². The number of nitrogens with zero attached hydrogens (tertiary/aromatic N) is 1. The van der Waals surface area contributed by atoms with E-state index >= 15 is 0 Å². The molecular weight excluding hydrogens is 436 g/mol. The van der Waals surface area contributed by atoms with Crippen molar-refractivity contribution in [3.63, 3.8) is 0 Å². The standard InChI is InChI=1S/C23H21ClN2O2S2/c1-12-7-8-29-22(12)20-11-17-21(23(28)25-15-4-5-15)18(27)9-13(2)26(17)16-6-3-14(24)10-19(16)30-20/h3,6-10,15,20H,4-5,11H2,1-2H3,(H,25,28). The van der Waals surface area contributed by atoms with E-state index in [-0.39, 0.29) is 28.2 Å². The molecule has 1 saturated carbocycles. The van der Waals surface area contributed by atoms with Crippen LogP contribution in [0.2, 0.25) is 5.02 Å². The zero-order valence-electron chi connectivity index (χ0n) is 16.7. The van der Waals surface area contributed by atoms with Gasteiger partial charge in [-0.05, 0) is 61.9 Å². The van der Waals surface area contributed by atoms with Crippen LogP contribution in [0.1, 0.15) is 50.3 Å². The molecule has 1 atom stereocenters. The van der Waals surface area contributed by atoms with Gasteiger partial charge in [-0.2, -0.15) is 0 Å². The summed E-state index contributed by atoms with van der Waals surface area (Å²) < 4.78 is 2.07. The molecule has 4 nitrogen and oxygen atoms in total. The molecule has 0 spiro atoms. The Morgan fingerprint density at radius 1 is 1.20 bits per heavy atom. The van der Waals surface area contributed by atoms with Crippen LogP contribution >= 0.6 is 34.7 Å². The van der Waals surface area contributed by atoms with Crippen molar-refractivity contribution in [2.24, 2.45) is 0 Å². The molecule has 0 saturated heterocycles. The molecule has 1 aliphatic carbocycles. The first-order chi connectivity index (χ1) is 14.4. The second-order valence-electron chi connectivity index (χ2n) is 7.95. The van der Waals surface area contributed by atoms with Crippen LogP contribution in [0.4, 0.5) is 0 Å². The summed E-state index contributed by atoms with van der Waals surface area (Å²) in [6, 6.07) is 9.72. The van der Waals surface area contributed by atoms with Gasteiger partial charge in [0.1, 0.15) is 5.56 Å². The van der Waals surface area contributed by atoms with Crippen LogP contribution in [0.3, 0.4) is 0 Å². The second kappa shape index (κ2) is 7.59. The Hall–Kier alpha value is -2.02. The Morgan fingerprint density at radius 2 is 2.00 bits per heavy atom. The van der Waals surface area contributed by atoms with Crippen molar-refractivity contribution in [3.05, 3.63) is 78.3 Å². The highest BCUT2D eigenvalue weighted by atomic mass is 35.5. The molecule has 5 rings (SSSR count). The first-order valence-electron chi connectivity index (χ1n) is 9.99. The summed E-state index contributed by atoms with van der Waals surface area (Å²) in [7, 11) is 0. The number of amides is 1. The third-order valence-corrected chi connectivity index (χ3v) is 8.43. The van der Waals surface area contributed by atoms with Gasteiger partial charge in [-0.25, -0.2) is 0 Å². The smallest absolute Gasteiger partial charge is 0.257 e. The third kappa shape index (κ3) is 3.51. The summed E-state index contributed by atoms with van der Waals surface area (Å²) >= 11 is 9.81. The largest absolute Gasteiger partial charge is 0.349 e. The molecule has 30 heavy (non-hydrogen) atoms. The lowest BCUT2D eigenvalue weighted by Gasteiger charge is -2.20. The number of carbonyl (C=O) groups excluding carboxylic acids is 1. The molecule has 2 aliphatic rings. The van der Waals surface area contributed by atoms with Gasteiger partial charge in [0, 0.05) is 50.0 Å². The van der Waals surface area contributed by atoms with E-state index in [2.05, 4.69) is 28.3 Å². The van der Waals surface area contributed by atoms with Gasteiger partial charge in [0.15, 0.2) is 5.43 Å². The fourth-order valence-corrected chi connectivity index (χ4v) is 6.82.